The molecule has 1 saturated heterocycles. The van der Waals surface area contributed by atoms with Crippen LogP contribution in [0.1, 0.15) is 37.5 Å². The predicted octanol–water partition coefficient (Wildman–Crippen LogP) is 1.76. The summed E-state index contributed by atoms with van der Waals surface area (Å²) in [5.74, 6) is 1.42. The van der Waals surface area contributed by atoms with E-state index in [9.17, 15) is 4.79 Å². The number of aromatic nitrogens is 4. The molecule has 3 heterocycles. The van der Waals surface area contributed by atoms with Crippen LogP contribution < -0.4 is 5.32 Å². The Morgan fingerprint density at radius 3 is 3.13 bits per heavy atom. The molecule has 2 aromatic heterocycles. The Balaban J connectivity index is 1.53. The molecular weight excluding hydrogens is 296 g/mol. The molecule has 1 aliphatic heterocycles. The van der Waals surface area contributed by atoms with Crippen molar-refractivity contribution < 1.29 is 9.32 Å². The first-order valence-electron chi connectivity index (χ1n) is 7.95. The summed E-state index contributed by atoms with van der Waals surface area (Å²) in [5.41, 5.74) is 0. The maximum atomic E-state index is 12.4. The molecule has 0 aliphatic carbocycles. The zero-order valence-electron chi connectivity index (χ0n) is 13.5. The molecule has 0 saturated carbocycles. The monoisotopic (exact) mass is 318 g/mol. The fourth-order valence-corrected chi connectivity index (χ4v) is 2.88. The van der Waals surface area contributed by atoms with Crippen LogP contribution in [0.5, 0.6) is 0 Å². The number of hydrogen-bond acceptors (Lipinski definition) is 5. The molecule has 8 nitrogen and oxygen atoms in total. The van der Waals surface area contributed by atoms with Gasteiger partial charge in [-0.1, -0.05) is 12.1 Å². The number of carbonyl (C=O) groups excluding carboxylic acids is 1. The fraction of sp³-hybridized carbons (Fsp3) is 0.600. The number of aryl methyl sites for hydroxylation is 1. The van der Waals surface area contributed by atoms with Gasteiger partial charge in [0.1, 0.15) is 0 Å². The average Bonchev–Trinajstić information content (AvgIpc) is 3.25. The number of carbonyl (C=O) groups is 1. The zero-order valence-corrected chi connectivity index (χ0v) is 13.5. The number of nitrogens with zero attached hydrogens (tertiary/aromatic N) is 5. The Labute approximate surface area is 134 Å². The summed E-state index contributed by atoms with van der Waals surface area (Å²) < 4.78 is 6.91. The van der Waals surface area contributed by atoms with Crippen molar-refractivity contribution in [1.29, 1.82) is 0 Å². The van der Waals surface area contributed by atoms with Crippen molar-refractivity contribution >= 4 is 6.03 Å². The second-order valence-electron chi connectivity index (χ2n) is 6.04. The number of urea groups is 1. The van der Waals surface area contributed by atoms with Crippen LogP contribution >= 0.6 is 0 Å². The fourth-order valence-electron chi connectivity index (χ4n) is 2.88. The quantitative estimate of drug-likeness (QED) is 0.907. The van der Waals surface area contributed by atoms with Crippen molar-refractivity contribution in [1.82, 2.24) is 30.1 Å². The number of likely N-dealkylation sites (tertiary alicyclic amines) is 1. The molecule has 1 aliphatic rings. The average molecular weight is 318 g/mol. The SMILES string of the molecule is Cc1nc([C@@H]2CCCN2C(=O)NC[C@H](C)Cn2cccn2)no1. The highest BCUT2D eigenvalue weighted by Crippen LogP contribution is 2.29. The topological polar surface area (TPSA) is 89.1 Å². The van der Waals surface area contributed by atoms with Crippen LogP contribution in [0, 0.1) is 12.8 Å². The van der Waals surface area contributed by atoms with Crippen LogP contribution in [0.15, 0.2) is 23.0 Å². The summed E-state index contributed by atoms with van der Waals surface area (Å²) in [6.45, 7) is 5.95. The van der Waals surface area contributed by atoms with E-state index in [1.54, 1.807) is 18.0 Å². The molecule has 2 amide bonds. The third-order valence-corrected chi connectivity index (χ3v) is 4.01. The molecule has 8 heteroatoms. The highest BCUT2D eigenvalue weighted by Gasteiger charge is 2.33. The normalized spacial score (nSPS) is 19.0. The lowest BCUT2D eigenvalue weighted by Crippen LogP contribution is -2.41. The molecule has 0 aromatic carbocycles. The summed E-state index contributed by atoms with van der Waals surface area (Å²) >= 11 is 0. The molecule has 0 spiro atoms. The number of rotatable bonds is 5. The minimum atomic E-state index is -0.0890. The molecule has 0 radical (unpaired) electrons. The molecule has 23 heavy (non-hydrogen) atoms. The summed E-state index contributed by atoms with van der Waals surface area (Å²) in [6.07, 6.45) is 5.50. The third kappa shape index (κ3) is 3.69. The van der Waals surface area contributed by atoms with E-state index in [0.29, 0.717) is 24.2 Å². The van der Waals surface area contributed by atoms with Gasteiger partial charge >= 0.3 is 6.03 Å². The molecule has 124 valence electrons. The van der Waals surface area contributed by atoms with Crippen LogP contribution in [-0.4, -0.2) is 43.9 Å². The largest absolute Gasteiger partial charge is 0.340 e. The van der Waals surface area contributed by atoms with Crippen LogP contribution in [-0.2, 0) is 6.54 Å². The van der Waals surface area contributed by atoms with Crippen LogP contribution in [0.25, 0.3) is 0 Å². The van der Waals surface area contributed by atoms with Crippen molar-refractivity contribution in [2.45, 2.75) is 39.3 Å². The molecule has 1 fully saturated rings. The third-order valence-electron chi connectivity index (χ3n) is 4.01. The zero-order chi connectivity index (χ0) is 16.2. The van der Waals surface area contributed by atoms with Gasteiger partial charge in [-0.15, -0.1) is 0 Å². The van der Waals surface area contributed by atoms with Gasteiger partial charge in [0.25, 0.3) is 0 Å². The minimum absolute atomic E-state index is 0.0673. The summed E-state index contributed by atoms with van der Waals surface area (Å²) in [7, 11) is 0. The van der Waals surface area contributed by atoms with Gasteiger partial charge in [0.15, 0.2) is 5.82 Å². The van der Waals surface area contributed by atoms with Gasteiger partial charge in [-0.3, -0.25) is 4.68 Å². The molecule has 1 N–H and O–H groups in total. The smallest absolute Gasteiger partial charge is 0.318 e. The first-order valence-corrected chi connectivity index (χ1v) is 7.95. The number of amides is 2. The van der Waals surface area contributed by atoms with Crippen molar-refractivity contribution in [3.63, 3.8) is 0 Å². The van der Waals surface area contributed by atoms with Crippen LogP contribution in [0.4, 0.5) is 4.79 Å². The summed E-state index contributed by atoms with van der Waals surface area (Å²) in [5, 5.41) is 11.1. The van der Waals surface area contributed by atoms with E-state index in [1.807, 2.05) is 16.9 Å². The Morgan fingerprint density at radius 2 is 2.43 bits per heavy atom. The van der Waals surface area contributed by atoms with E-state index in [4.69, 9.17) is 4.52 Å². The van der Waals surface area contributed by atoms with Gasteiger partial charge in [0.05, 0.1) is 6.04 Å². The Kier molecular flexibility index (Phi) is 4.59. The first kappa shape index (κ1) is 15.5. The second kappa shape index (κ2) is 6.80. The van der Waals surface area contributed by atoms with Crippen molar-refractivity contribution in [3.8, 4) is 0 Å². The lowest BCUT2D eigenvalue weighted by atomic mass is 10.2. The van der Waals surface area contributed by atoms with E-state index in [2.05, 4.69) is 27.5 Å². The number of hydrogen-bond donors (Lipinski definition) is 1. The standard InChI is InChI=1S/C15H22N6O2/c1-11(10-20-7-4-6-17-20)9-16-15(22)21-8-3-5-13(21)14-18-12(2)23-19-14/h4,6-7,11,13H,3,5,8-10H2,1-2H3,(H,16,22)/t11-,13-/m0/s1. The lowest BCUT2D eigenvalue weighted by Gasteiger charge is -2.23. The molecule has 3 rings (SSSR count). The molecule has 0 unspecified atom stereocenters. The van der Waals surface area contributed by atoms with Crippen molar-refractivity contribution in [2.75, 3.05) is 13.1 Å². The number of nitrogens with one attached hydrogen (secondary N) is 1. The van der Waals surface area contributed by atoms with E-state index >= 15 is 0 Å². The molecule has 2 aromatic rings. The van der Waals surface area contributed by atoms with Crippen molar-refractivity contribution in [3.05, 3.63) is 30.2 Å². The maximum Gasteiger partial charge on any atom is 0.318 e. The highest BCUT2D eigenvalue weighted by atomic mass is 16.5. The van der Waals surface area contributed by atoms with E-state index in [1.165, 1.54) is 0 Å². The highest BCUT2D eigenvalue weighted by molar-refractivity contribution is 5.74. The summed E-state index contributed by atoms with van der Waals surface area (Å²) in [4.78, 5) is 18.5. The summed E-state index contributed by atoms with van der Waals surface area (Å²) in [6, 6.07) is 1.74. The van der Waals surface area contributed by atoms with Gasteiger partial charge in [0.2, 0.25) is 5.89 Å². The van der Waals surface area contributed by atoms with E-state index in [-0.39, 0.29) is 12.1 Å². The lowest BCUT2D eigenvalue weighted by molar-refractivity contribution is 0.187. The Bertz CT molecular complexity index is 638. The molecule has 2 atom stereocenters. The Morgan fingerprint density at radius 1 is 1.57 bits per heavy atom. The van der Waals surface area contributed by atoms with E-state index < -0.39 is 0 Å². The Hall–Kier alpha value is -2.38. The molecular formula is C15H22N6O2. The van der Waals surface area contributed by atoms with Crippen molar-refractivity contribution in [2.24, 2.45) is 5.92 Å². The van der Waals surface area contributed by atoms with Gasteiger partial charge in [-0.2, -0.15) is 10.1 Å². The van der Waals surface area contributed by atoms with Gasteiger partial charge in [-0.05, 0) is 24.8 Å². The van der Waals surface area contributed by atoms with Crippen LogP contribution in [0.2, 0.25) is 0 Å². The minimum Gasteiger partial charge on any atom is -0.340 e. The molecule has 0 bridgehead atoms. The van der Waals surface area contributed by atoms with E-state index in [0.717, 1.165) is 25.9 Å². The predicted molar refractivity (Wildman–Crippen MR) is 82.5 cm³/mol. The van der Waals surface area contributed by atoms with Gasteiger partial charge < -0.3 is 14.7 Å². The van der Waals surface area contributed by atoms with Gasteiger partial charge in [0, 0.05) is 39.0 Å². The van der Waals surface area contributed by atoms with Gasteiger partial charge in [-0.25, -0.2) is 4.79 Å². The van der Waals surface area contributed by atoms with Crippen LogP contribution in [0.3, 0.4) is 0 Å². The second-order valence-corrected chi connectivity index (χ2v) is 6.04. The maximum absolute atomic E-state index is 12.4. The first-order chi connectivity index (χ1) is 11.1.